The van der Waals surface area contributed by atoms with Gasteiger partial charge in [-0.3, -0.25) is 0 Å². The van der Waals surface area contributed by atoms with Crippen molar-refractivity contribution in [2.24, 2.45) is 0 Å². The fraction of sp³-hybridized carbons (Fsp3) is 0.516. The Balaban J connectivity index is -0.000000186. The number of methoxy groups -OCH3 is 2. The molecule has 0 saturated heterocycles. The van der Waals surface area contributed by atoms with Gasteiger partial charge in [0.25, 0.3) is 0 Å². The average Bonchev–Trinajstić information content (AvgIpc) is 4.33. The maximum absolute atomic E-state index is 9.38. The first-order chi connectivity index (χ1) is 37.3. The lowest BCUT2D eigenvalue weighted by Gasteiger charge is -1.96. The van der Waals surface area contributed by atoms with Gasteiger partial charge in [0.15, 0.2) is 0 Å². The van der Waals surface area contributed by atoms with E-state index in [1.54, 1.807) is 40.0 Å². The van der Waals surface area contributed by atoms with Gasteiger partial charge in [0.05, 0.1) is 6.61 Å². The first-order valence-corrected chi connectivity index (χ1v) is 29.8. The smallest absolute Gasteiger partial charge is 0.446 e. The predicted molar refractivity (Wildman–Crippen MR) is 355 cm³/mol. The van der Waals surface area contributed by atoms with Crippen LogP contribution in [0.1, 0.15) is 118 Å². The second-order valence-electron chi connectivity index (χ2n) is 16.4. The molecule has 0 radical (unpaired) electrons. The normalized spacial score (nSPS) is 11.9. The first kappa shape index (κ1) is 85.6. The van der Waals surface area contributed by atoms with E-state index in [1.807, 2.05) is 212 Å². The number of thioether (sulfide) groups is 1. The summed E-state index contributed by atoms with van der Waals surface area (Å²) in [5.74, 6) is 0. The third-order valence-electron chi connectivity index (χ3n) is 10.4. The highest BCUT2D eigenvalue weighted by molar-refractivity contribution is 7.97. The highest BCUT2D eigenvalue weighted by Crippen LogP contribution is 2.14. The van der Waals surface area contributed by atoms with Gasteiger partial charge >= 0.3 is 34.8 Å². The van der Waals surface area contributed by atoms with Crippen LogP contribution >= 0.6 is 11.8 Å². The molecule has 0 fully saturated rings. The molecule has 0 atom stereocenters. The Kier molecular flexibility index (Phi) is 67.0. The molecule has 0 bridgehead atoms. The van der Waals surface area contributed by atoms with Crippen LogP contribution < -0.4 is 27.3 Å². The summed E-state index contributed by atoms with van der Waals surface area (Å²) in [4.78, 5) is 2.00. The molecule has 0 unspecified atom stereocenters. The maximum Gasteiger partial charge on any atom is 0.491 e. The molecule has 0 saturated carbocycles. The van der Waals surface area contributed by atoms with Crippen molar-refractivity contribution >= 4 is 73.9 Å². The number of ether oxygens (including phenoxy) is 2. The lowest BCUT2D eigenvalue weighted by Crippen LogP contribution is -2.27. The van der Waals surface area contributed by atoms with E-state index in [2.05, 4.69) is 33.7 Å². The highest BCUT2D eigenvalue weighted by Gasteiger charge is 2.27. The molecule has 78 heavy (non-hydrogen) atoms. The molecule has 0 spiro atoms. The lowest BCUT2D eigenvalue weighted by molar-refractivity contribution is 0.215. The van der Waals surface area contributed by atoms with Gasteiger partial charge in [0.2, 0.25) is 0 Å². The molecule has 0 aromatic heterocycles. The molecular weight excluding hydrogens is 989 g/mol. The number of hydrogen-bond donors (Lipinski definition) is 6. The van der Waals surface area contributed by atoms with Crippen LogP contribution in [-0.2, 0) is 46.4 Å². The van der Waals surface area contributed by atoms with Crippen molar-refractivity contribution in [2.45, 2.75) is 148 Å². The van der Waals surface area contributed by atoms with Crippen molar-refractivity contribution < 1.29 is 44.4 Å². The summed E-state index contributed by atoms with van der Waals surface area (Å²) in [6.07, 6.45) is 11.8. The summed E-state index contributed by atoms with van der Waals surface area (Å²) in [7, 11) is 10.2. The molecule has 10 nitrogen and oxygen atoms in total. The Morgan fingerprint density at radius 3 is 0.808 bits per heavy atom. The van der Waals surface area contributed by atoms with Crippen molar-refractivity contribution in [2.75, 3.05) is 68.2 Å². The van der Waals surface area contributed by atoms with E-state index in [0.29, 0.717) is 6.61 Å². The van der Waals surface area contributed by atoms with Gasteiger partial charge in [-0.2, -0.15) is 11.8 Å². The molecule has 5 aliphatic heterocycles. The van der Waals surface area contributed by atoms with Crippen LogP contribution in [0.3, 0.4) is 0 Å². The van der Waals surface area contributed by atoms with Gasteiger partial charge in [-0.1, -0.05) is 220 Å². The minimum atomic E-state index is -0.698. The molecule has 6 N–H and O–H groups in total. The van der Waals surface area contributed by atoms with Crippen molar-refractivity contribution in [3.8, 4) is 0 Å². The summed E-state index contributed by atoms with van der Waals surface area (Å²) in [6.45, 7) is 24.5. The summed E-state index contributed by atoms with van der Waals surface area (Å²) in [5.41, 5.74) is 11.8. The fourth-order valence-corrected chi connectivity index (χ4v) is 7.30. The van der Waals surface area contributed by atoms with E-state index in [1.165, 1.54) is 22.3 Å². The Morgan fingerprint density at radius 2 is 0.628 bits per heavy atom. The zero-order chi connectivity index (χ0) is 60.0. The number of fused-ring (bicyclic) bond motifs is 5. The quantitative estimate of drug-likeness (QED) is 0.0891. The van der Waals surface area contributed by atoms with Crippen LogP contribution in [-0.4, -0.2) is 138 Å². The maximum atomic E-state index is 9.38. The Bertz CT molecular complexity index is 1700. The second-order valence-corrected chi connectivity index (χ2v) is 17.2. The molecule has 0 amide bonds. The third-order valence-corrected chi connectivity index (χ3v) is 10.4. The van der Waals surface area contributed by atoms with Gasteiger partial charge in [-0.15, -0.1) is 0 Å². The Morgan fingerprint density at radius 1 is 0.449 bits per heavy atom. The fourth-order valence-electron chi connectivity index (χ4n) is 7.30. The number of hydrogen-bond acceptors (Lipinski definition) is 11. The zero-order valence-corrected chi connectivity index (χ0v) is 52.8. The Labute approximate surface area is 486 Å². The molecule has 5 heterocycles. The van der Waals surface area contributed by atoms with Gasteiger partial charge < -0.3 is 49.3 Å². The predicted octanol–water partition coefficient (Wildman–Crippen LogP) is 9.48. The lowest BCUT2D eigenvalue weighted by atomic mass is 9.63. The van der Waals surface area contributed by atoms with E-state index in [4.69, 9.17) is 14.8 Å². The minimum Gasteiger partial charge on any atom is -0.446 e. The molecule has 0 aliphatic carbocycles. The topological polar surface area (TPSA) is 152 Å². The second kappa shape index (κ2) is 61.0. The first-order valence-electron chi connectivity index (χ1n) is 28.2. The van der Waals surface area contributed by atoms with Gasteiger partial charge in [0, 0.05) is 34.5 Å². The highest BCUT2D eigenvalue weighted by atomic mass is 32.2. The molecule has 5 aliphatic rings. The van der Waals surface area contributed by atoms with Gasteiger partial charge in [-0.05, 0) is 131 Å². The van der Waals surface area contributed by atoms with Crippen molar-refractivity contribution in [1.82, 2.24) is 4.90 Å². The summed E-state index contributed by atoms with van der Waals surface area (Å²) < 4.78 is 13.8. The van der Waals surface area contributed by atoms with Gasteiger partial charge in [-0.25, -0.2) is 0 Å². The van der Waals surface area contributed by atoms with E-state index in [0.717, 1.165) is 90.4 Å². The number of aryl methyl sites for hydroxylation is 4. The summed E-state index contributed by atoms with van der Waals surface area (Å²) in [6, 6.07) is 40.1. The Hall–Kier alpha value is -3.63. The number of nitrogens with zero attached hydrogens (tertiary/aromatic N) is 1. The number of aliphatic hydroxyl groups is 1. The van der Waals surface area contributed by atoms with Crippen LogP contribution in [0.4, 0.5) is 0 Å². The number of rotatable bonds is 1. The molecule has 10 rings (SSSR count). The van der Waals surface area contributed by atoms with Gasteiger partial charge in [0.1, 0.15) is 0 Å². The van der Waals surface area contributed by atoms with Crippen LogP contribution in [0, 0.1) is 0 Å². The van der Waals surface area contributed by atoms with Crippen LogP contribution in [0.15, 0.2) is 121 Å². The number of aliphatic hydroxyl groups excluding tert-OH is 1. The van der Waals surface area contributed by atoms with E-state index in [9.17, 15) is 20.1 Å². The number of benzene rings is 5. The molecule has 16 heteroatoms. The van der Waals surface area contributed by atoms with Crippen molar-refractivity contribution in [1.29, 1.82) is 0 Å². The van der Waals surface area contributed by atoms with Crippen LogP contribution in [0.25, 0.3) is 0 Å². The standard InChI is InChI=1S/4C8H9BO.C7H7BO2.C3H9N.C3H8O.2C2H6O.C2H6S.5C2H6.CH4/c4*10-9-6-5-7-3-1-2-4-8(7)9;9-8-7-4-2-1-3-6(7)5-10-8;1-4(2)3;1-3-4-2;1-3-2;1-2-3;1-3-2;5*1-2;/h4*1-4,10H,5-6H2;1-4,9H,5H2;1-3H3;3H2,1-2H3;1-2H3;3H,2H2,1H3;1-2H3;5*1-2H3;1H4. The van der Waals surface area contributed by atoms with E-state index >= 15 is 0 Å². The van der Waals surface area contributed by atoms with Crippen molar-refractivity contribution in [3.63, 3.8) is 0 Å². The summed E-state index contributed by atoms with van der Waals surface area (Å²) in [5, 5.41) is 54.3. The molecular formula is C62H112B5NO9S. The average molecular weight is 1100 g/mol. The molecule has 5 aromatic carbocycles. The largest absolute Gasteiger partial charge is 0.491 e. The zero-order valence-electron chi connectivity index (χ0n) is 52.0. The van der Waals surface area contributed by atoms with E-state index < -0.39 is 7.12 Å². The molecule has 5 aromatic rings. The van der Waals surface area contributed by atoms with Crippen LogP contribution in [0.2, 0.25) is 25.3 Å². The van der Waals surface area contributed by atoms with Crippen molar-refractivity contribution in [3.05, 3.63) is 149 Å². The van der Waals surface area contributed by atoms with E-state index in [-0.39, 0.29) is 41.7 Å². The third kappa shape index (κ3) is 38.9. The minimum absolute atomic E-state index is 0. The monoisotopic (exact) mass is 1100 g/mol. The summed E-state index contributed by atoms with van der Waals surface area (Å²) >= 11 is 1.75. The SMILES string of the molecule is C.CC.CC.CC.CC.CC.CCO.CCOC.CN(C)C.COC.CSC.OB1CCc2ccccc21.OB1CCc2ccccc21.OB1CCc2ccccc21.OB1CCc2ccccc21.OB1OCc2ccccc21. The van der Waals surface area contributed by atoms with Crippen LogP contribution in [0.5, 0.6) is 0 Å². The molecule has 440 valence electrons.